The van der Waals surface area contributed by atoms with E-state index >= 15 is 0 Å². The highest BCUT2D eigenvalue weighted by molar-refractivity contribution is 5.98. The first-order valence-electron chi connectivity index (χ1n) is 13.6. The summed E-state index contributed by atoms with van der Waals surface area (Å²) >= 11 is 0. The molecule has 6 rings (SSSR count). The lowest BCUT2D eigenvalue weighted by molar-refractivity contribution is 0.0398. The molecule has 2 fully saturated rings. The Bertz CT molecular complexity index is 1440. The molecule has 3 N–H and O–H groups in total. The van der Waals surface area contributed by atoms with Crippen molar-refractivity contribution in [3.8, 4) is 11.3 Å². The molecule has 40 heavy (non-hydrogen) atoms. The molecule has 0 radical (unpaired) electrons. The maximum atomic E-state index is 13.5. The molecule has 5 heterocycles. The van der Waals surface area contributed by atoms with E-state index in [1.807, 2.05) is 30.3 Å². The summed E-state index contributed by atoms with van der Waals surface area (Å²) in [5.74, 6) is 0.658. The normalized spacial score (nSPS) is 16.4. The summed E-state index contributed by atoms with van der Waals surface area (Å²) in [5, 5.41) is 4.21. The van der Waals surface area contributed by atoms with E-state index in [0.29, 0.717) is 49.2 Å². The van der Waals surface area contributed by atoms with E-state index in [9.17, 15) is 4.79 Å². The van der Waals surface area contributed by atoms with Gasteiger partial charge in [-0.1, -0.05) is 12.1 Å². The molecule has 0 amide bonds. The third-order valence-corrected chi connectivity index (χ3v) is 7.21. The second-order valence-corrected chi connectivity index (χ2v) is 9.87. The van der Waals surface area contributed by atoms with Crippen LogP contribution in [0.2, 0.25) is 0 Å². The van der Waals surface area contributed by atoms with Gasteiger partial charge >= 0.3 is 0 Å². The lowest BCUT2D eigenvalue weighted by atomic mass is 10.1. The highest BCUT2D eigenvalue weighted by Gasteiger charge is 2.21. The molecular formula is C28H33N9O3. The maximum Gasteiger partial charge on any atom is 0.236 e. The number of nitrogen functional groups attached to an aromatic ring is 1. The van der Waals surface area contributed by atoms with Crippen LogP contribution in [-0.4, -0.2) is 101 Å². The Balaban J connectivity index is 1.20. The highest BCUT2D eigenvalue weighted by atomic mass is 16.5. The van der Waals surface area contributed by atoms with Gasteiger partial charge in [-0.3, -0.25) is 14.3 Å². The van der Waals surface area contributed by atoms with Crippen LogP contribution >= 0.6 is 0 Å². The second kappa shape index (κ2) is 11.9. The lowest BCUT2D eigenvalue weighted by Gasteiger charge is -2.27. The monoisotopic (exact) mass is 543 g/mol. The highest BCUT2D eigenvalue weighted by Crippen LogP contribution is 2.29. The summed E-state index contributed by atoms with van der Waals surface area (Å²) in [5.41, 5.74) is 9.59. The van der Waals surface area contributed by atoms with Gasteiger partial charge in [-0.25, -0.2) is 15.0 Å². The number of fused-ring (bicyclic) bond motifs is 1. The van der Waals surface area contributed by atoms with Crippen LogP contribution in [0.4, 0.5) is 17.6 Å². The van der Waals surface area contributed by atoms with Crippen molar-refractivity contribution in [1.82, 2.24) is 29.4 Å². The number of nitrogens with zero attached hydrogens (tertiary/aromatic N) is 7. The van der Waals surface area contributed by atoms with Crippen LogP contribution in [0.25, 0.3) is 22.3 Å². The third kappa shape index (κ3) is 5.88. The Morgan fingerprint density at radius 1 is 0.925 bits per heavy atom. The molecule has 0 atom stereocenters. The Hall–Kier alpha value is -4.13. The molecule has 12 heteroatoms. The third-order valence-electron chi connectivity index (χ3n) is 7.21. The zero-order chi connectivity index (χ0) is 27.3. The van der Waals surface area contributed by atoms with E-state index in [1.165, 1.54) is 0 Å². The molecule has 0 bridgehead atoms. The number of aromatic nitrogens is 5. The van der Waals surface area contributed by atoms with Crippen LogP contribution in [-0.2, 0) is 15.9 Å². The van der Waals surface area contributed by atoms with Crippen LogP contribution < -0.4 is 16.0 Å². The number of ether oxygens (including phenoxy) is 2. The van der Waals surface area contributed by atoms with Gasteiger partial charge in [0.25, 0.3) is 0 Å². The predicted molar refractivity (Wildman–Crippen MR) is 153 cm³/mol. The summed E-state index contributed by atoms with van der Waals surface area (Å²) in [6, 6.07) is 9.89. The molecule has 0 aliphatic carbocycles. The fourth-order valence-electron chi connectivity index (χ4n) is 4.97. The van der Waals surface area contributed by atoms with E-state index < -0.39 is 0 Å². The van der Waals surface area contributed by atoms with Gasteiger partial charge in [0.15, 0.2) is 5.65 Å². The molecule has 0 saturated carbocycles. The summed E-state index contributed by atoms with van der Waals surface area (Å²) in [6.45, 7) is 7.93. The number of benzene rings is 1. The van der Waals surface area contributed by atoms with E-state index in [-0.39, 0.29) is 18.3 Å². The zero-order valence-electron chi connectivity index (χ0n) is 22.3. The van der Waals surface area contributed by atoms with Gasteiger partial charge in [0.05, 0.1) is 38.5 Å². The SMILES string of the molecule is Nc1ncc(-c2nc(N3CCOCC3)nc3c2ccn3C(=O)Cc2ccc(NCCN3CCOCC3)cc2)cn1. The molecule has 208 valence electrons. The average molecular weight is 544 g/mol. The Labute approximate surface area is 232 Å². The fraction of sp³-hybridized carbons (Fsp3) is 0.393. The van der Waals surface area contributed by atoms with Gasteiger partial charge < -0.3 is 25.4 Å². The zero-order valence-corrected chi connectivity index (χ0v) is 22.3. The van der Waals surface area contributed by atoms with Crippen molar-refractivity contribution < 1.29 is 14.3 Å². The number of anilines is 3. The van der Waals surface area contributed by atoms with Crippen molar-refractivity contribution in [3.05, 3.63) is 54.5 Å². The summed E-state index contributed by atoms with van der Waals surface area (Å²) in [6.07, 6.45) is 5.29. The first kappa shape index (κ1) is 26.1. The topological polar surface area (TPSA) is 137 Å². The number of nitrogens with one attached hydrogen (secondary N) is 1. The number of rotatable bonds is 8. The largest absolute Gasteiger partial charge is 0.384 e. The molecule has 12 nitrogen and oxygen atoms in total. The fourth-order valence-corrected chi connectivity index (χ4v) is 4.97. The number of carbonyl (C=O) groups excluding carboxylic acids is 1. The van der Waals surface area contributed by atoms with Crippen LogP contribution in [0.1, 0.15) is 10.4 Å². The number of nitrogens with two attached hydrogens (primary N) is 1. The van der Waals surface area contributed by atoms with Crippen molar-refractivity contribution >= 4 is 34.5 Å². The van der Waals surface area contributed by atoms with Gasteiger partial charge in [0.1, 0.15) is 0 Å². The van der Waals surface area contributed by atoms with E-state index in [1.54, 1.807) is 23.2 Å². The summed E-state index contributed by atoms with van der Waals surface area (Å²) in [7, 11) is 0. The first-order valence-corrected chi connectivity index (χ1v) is 13.6. The molecule has 4 aromatic rings. The van der Waals surface area contributed by atoms with Crippen LogP contribution in [0.5, 0.6) is 0 Å². The molecular weight excluding hydrogens is 510 g/mol. The lowest BCUT2D eigenvalue weighted by Crippen LogP contribution is -2.38. The summed E-state index contributed by atoms with van der Waals surface area (Å²) in [4.78, 5) is 35.9. The first-order chi connectivity index (χ1) is 19.6. The van der Waals surface area contributed by atoms with E-state index in [0.717, 1.165) is 56.0 Å². The van der Waals surface area contributed by atoms with Crippen molar-refractivity contribution in [2.45, 2.75) is 6.42 Å². The van der Waals surface area contributed by atoms with Crippen LogP contribution in [0, 0.1) is 0 Å². The Morgan fingerprint density at radius 3 is 2.35 bits per heavy atom. The number of hydrogen-bond acceptors (Lipinski definition) is 11. The Morgan fingerprint density at radius 2 is 1.62 bits per heavy atom. The van der Waals surface area contributed by atoms with E-state index in [4.69, 9.17) is 25.2 Å². The van der Waals surface area contributed by atoms with Crippen LogP contribution in [0.3, 0.4) is 0 Å². The van der Waals surface area contributed by atoms with Crippen molar-refractivity contribution in [2.75, 3.05) is 81.6 Å². The van der Waals surface area contributed by atoms with Gasteiger partial charge in [-0.15, -0.1) is 0 Å². The van der Waals surface area contributed by atoms with Gasteiger partial charge in [-0.2, -0.15) is 4.98 Å². The van der Waals surface area contributed by atoms with Gasteiger partial charge in [-0.05, 0) is 23.8 Å². The quantitative estimate of drug-likeness (QED) is 0.337. The second-order valence-electron chi connectivity index (χ2n) is 9.87. The molecule has 0 unspecified atom stereocenters. The minimum Gasteiger partial charge on any atom is -0.384 e. The number of hydrogen-bond donors (Lipinski definition) is 2. The Kier molecular flexibility index (Phi) is 7.80. The minimum absolute atomic E-state index is 0.0749. The summed E-state index contributed by atoms with van der Waals surface area (Å²) < 4.78 is 12.5. The molecule has 2 aliphatic heterocycles. The molecule has 1 aromatic carbocycles. The number of carbonyl (C=O) groups is 1. The predicted octanol–water partition coefficient (Wildman–Crippen LogP) is 1.93. The van der Waals surface area contributed by atoms with Gasteiger partial charge in [0, 0.05) is 74.5 Å². The van der Waals surface area contributed by atoms with Crippen molar-refractivity contribution in [3.63, 3.8) is 0 Å². The molecule has 0 spiro atoms. The molecule has 3 aromatic heterocycles. The number of morpholine rings is 2. The van der Waals surface area contributed by atoms with E-state index in [2.05, 4.69) is 25.1 Å². The van der Waals surface area contributed by atoms with Crippen LogP contribution in [0.15, 0.2) is 48.9 Å². The standard InChI is InChI=1S/C28H33N9O3/c29-27-31-18-21(19-32-27)25-23-5-7-37(26(23)34-28(33-25)36-11-15-40-16-12-36)24(38)17-20-1-3-22(4-2-20)30-6-8-35-9-13-39-14-10-35/h1-5,7,18-19,30H,6,8-17H2,(H2,29,31,32). The smallest absolute Gasteiger partial charge is 0.236 e. The van der Waals surface area contributed by atoms with Gasteiger partial charge in [0.2, 0.25) is 17.8 Å². The van der Waals surface area contributed by atoms with Crippen molar-refractivity contribution in [2.24, 2.45) is 0 Å². The maximum absolute atomic E-state index is 13.5. The molecule has 2 saturated heterocycles. The van der Waals surface area contributed by atoms with Crippen molar-refractivity contribution in [1.29, 1.82) is 0 Å². The average Bonchev–Trinajstić information content (AvgIpc) is 3.43. The minimum atomic E-state index is -0.0749. The molecule has 2 aliphatic rings.